The zero-order valence-corrected chi connectivity index (χ0v) is 5.64. The Balaban J connectivity index is 2.60. The first kappa shape index (κ1) is 6.99. The first-order valence-corrected chi connectivity index (χ1v) is 3.37. The molecule has 0 rings (SSSR count). The summed E-state index contributed by atoms with van der Waals surface area (Å²) in [5.74, 6) is 2.59. The minimum atomic E-state index is 0.939. The third-order valence-corrected chi connectivity index (χ3v) is 1.18. The summed E-state index contributed by atoms with van der Waals surface area (Å²) in [4.78, 5) is 0. The van der Waals surface area contributed by atoms with Crippen molar-refractivity contribution in [1.29, 1.82) is 0 Å². The minimum absolute atomic E-state index is 0.939. The Hall–Kier alpha value is -0.0100. The summed E-state index contributed by atoms with van der Waals surface area (Å²) in [5, 5.41) is 0. The first-order chi connectivity index (χ1) is 3.41. The van der Waals surface area contributed by atoms with E-state index >= 15 is 0 Å². The summed E-state index contributed by atoms with van der Waals surface area (Å²) in [5.41, 5.74) is 0. The summed E-state index contributed by atoms with van der Waals surface area (Å²) >= 11 is 0. The molecule has 0 bridgehead atoms. The van der Waals surface area contributed by atoms with Crippen LogP contribution < -0.4 is 0 Å². The van der Waals surface area contributed by atoms with Crippen molar-refractivity contribution in [1.82, 2.24) is 0 Å². The average Bonchev–Trinajstić information content (AvgIpc) is 1.69. The van der Waals surface area contributed by atoms with Crippen molar-refractivity contribution in [3.05, 3.63) is 0 Å². The van der Waals surface area contributed by atoms with Crippen molar-refractivity contribution < 1.29 is 0 Å². The second-order valence-electron chi connectivity index (χ2n) is 1.45. The fourth-order valence-corrected chi connectivity index (χ4v) is 0.660. The minimum Gasteiger partial charge on any atom is -0.138 e. The summed E-state index contributed by atoms with van der Waals surface area (Å²) in [6.45, 7) is 0. The van der Waals surface area contributed by atoms with E-state index < -0.39 is 0 Å². The van der Waals surface area contributed by atoms with E-state index in [2.05, 4.69) is 15.2 Å². The topological polar surface area (TPSA) is 0 Å². The Morgan fingerprint density at radius 1 is 1.43 bits per heavy atom. The molecule has 0 nitrogen and oxygen atoms in total. The Kier molecular flexibility index (Phi) is 5.98. The van der Waals surface area contributed by atoms with Crippen molar-refractivity contribution >= 4 is 9.24 Å². The van der Waals surface area contributed by atoms with E-state index in [0.29, 0.717) is 0 Å². The number of terminal acetylenes is 1. The van der Waals surface area contributed by atoms with Gasteiger partial charge in [-0.15, -0.1) is 21.6 Å². The third kappa shape index (κ3) is 5.99. The SMILES string of the molecule is C#CCCCCP. The van der Waals surface area contributed by atoms with Crippen LogP contribution in [0.2, 0.25) is 0 Å². The van der Waals surface area contributed by atoms with Crippen LogP contribution in [0.25, 0.3) is 0 Å². The van der Waals surface area contributed by atoms with Crippen LogP contribution in [-0.4, -0.2) is 6.16 Å². The van der Waals surface area contributed by atoms with Gasteiger partial charge in [0.1, 0.15) is 0 Å². The lowest BCUT2D eigenvalue weighted by Gasteiger charge is -1.86. The van der Waals surface area contributed by atoms with Gasteiger partial charge >= 0.3 is 0 Å². The predicted octanol–water partition coefficient (Wildman–Crippen LogP) is 1.67. The molecule has 0 aromatic carbocycles. The Labute approximate surface area is 47.9 Å². The molecule has 0 N–H and O–H groups in total. The van der Waals surface area contributed by atoms with Crippen molar-refractivity contribution in [2.24, 2.45) is 0 Å². The predicted molar refractivity (Wildman–Crippen MR) is 37.3 cm³/mol. The number of rotatable bonds is 3. The molecule has 0 saturated heterocycles. The third-order valence-electron chi connectivity index (χ3n) is 0.775. The molecule has 0 radical (unpaired) electrons. The van der Waals surface area contributed by atoms with Gasteiger partial charge in [0.25, 0.3) is 0 Å². The first-order valence-electron chi connectivity index (χ1n) is 2.55. The molecular weight excluding hydrogens is 103 g/mol. The van der Waals surface area contributed by atoms with Crippen LogP contribution in [-0.2, 0) is 0 Å². The molecule has 0 aliphatic carbocycles. The molecule has 0 fully saturated rings. The van der Waals surface area contributed by atoms with Crippen molar-refractivity contribution in [3.8, 4) is 12.3 Å². The van der Waals surface area contributed by atoms with E-state index in [1.807, 2.05) is 0 Å². The maximum absolute atomic E-state index is 5.01. The fraction of sp³-hybridized carbons (Fsp3) is 0.667. The lowest BCUT2D eigenvalue weighted by Crippen LogP contribution is -1.72. The van der Waals surface area contributed by atoms with Gasteiger partial charge in [0.15, 0.2) is 0 Å². The molecule has 0 heterocycles. The van der Waals surface area contributed by atoms with Crippen LogP contribution in [0, 0.1) is 12.3 Å². The van der Waals surface area contributed by atoms with Crippen LogP contribution in [0.15, 0.2) is 0 Å². The van der Waals surface area contributed by atoms with Gasteiger partial charge in [0.2, 0.25) is 0 Å². The quantitative estimate of drug-likeness (QED) is 0.297. The zero-order valence-electron chi connectivity index (χ0n) is 4.48. The van der Waals surface area contributed by atoms with E-state index in [0.717, 1.165) is 6.42 Å². The van der Waals surface area contributed by atoms with Gasteiger partial charge in [0.05, 0.1) is 0 Å². The summed E-state index contributed by atoms with van der Waals surface area (Å²) in [7, 11) is 2.68. The molecule has 1 heteroatoms. The molecule has 0 aliphatic rings. The highest BCUT2D eigenvalue weighted by Gasteiger charge is 1.77. The highest BCUT2D eigenvalue weighted by atomic mass is 31.0. The average molecular weight is 114 g/mol. The van der Waals surface area contributed by atoms with Crippen LogP contribution in [0.1, 0.15) is 19.3 Å². The van der Waals surface area contributed by atoms with E-state index in [-0.39, 0.29) is 0 Å². The molecule has 1 unspecified atom stereocenters. The zero-order chi connectivity index (χ0) is 5.54. The van der Waals surface area contributed by atoms with Gasteiger partial charge in [-0.2, -0.15) is 0 Å². The van der Waals surface area contributed by atoms with Gasteiger partial charge in [-0.1, -0.05) is 0 Å². The second kappa shape index (κ2) is 5.99. The van der Waals surface area contributed by atoms with E-state index in [4.69, 9.17) is 6.42 Å². The van der Waals surface area contributed by atoms with Gasteiger partial charge in [-0.3, -0.25) is 0 Å². The van der Waals surface area contributed by atoms with Crippen LogP contribution >= 0.6 is 9.24 Å². The molecule has 7 heavy (non-hydrogen) atoms. The molecule has 1 atom stereocenters. The van der Waals surface area contributed by atoms with Crippen LogP contribution in [0.4, 0.5) is 0 Å². The standard InChI is InChI=1S/C6H11P/c1-2-3-4-5-6-7/h1H,3-7H2. The Bertz CT molecular complexity index is 61.1. The lowest BCUT2D eigenvalue weighted by molar-refractivity contribution is 0.837. The Morgan fingerprint density at radius 3 is 2.57 bits per heavy atom. The van der Waals surface area contributed by atoms with Crippen molar-refractivity contribution in [3.63, 3.8) is 0 Å². The molecule has 0 saturated carbocycles. The lowest BCUT2D eigenvalue weighted by atomic mass is 10.3. The number of unbranched alkanes of at least 4 members (excludes halogenated alkanes) is 2. The molecular formula is C6H11P. The molecule has 0 amide bonds. The molecule has 0 aliphatic heterocycles. The Morgan fingerprint density at radius 2 is 2.14 bits per heavy atom. The summed E-state index contributed by atoms with van der Waals surface area (Å²) in [6, 6.07) is 0. The molecule has 0 aromatic rings. The van der Waals surface area contributed by atoms with Gasteiger partial charge in [0, 0.05) is 6.42 Å². The van der Waals surface area contributed by atoms with Crippen LogP contribution in [0.3, 0.4) is 0 Å². The van der Waals surface area contributed by atoms with Gasteiger partial charge in [-0.05, 0) is 19.0 Å². The summed E-state index contributed by atoms with van der Waals surface area (Å²) < 4.78 is 0. The maximum Gasteiger partial charge on any atom is 0.00861 e. The summed E-state index contributed by atoms with van der Waals surface area (Å²) in [6.07, 6.45) is 9.56. The van der Waals surface area contributed by atoms with E-state index in [1.165, 1.54) is 19.0 Å². The largest absolute Gasteiger partial charge is 0.138 e. The van der Waals surface area contributed by atoms with Crippen molar-refractivity contribution in [2.45, 2.75) is 19.3 Å². The smallest absolute Gasteiger partial charge is 0.00861 e. The van der Waals surface area contributed by atoms with E-state index in [1.54, 1.807) is 0 Å². The maximum atomic E-state index is 5.01. The molecule has 0 aromatic heterocycles. The second-order valence-corrected chi connectivity index (χ2v) is 2.03. The number of hydrogen-bond acceptors (Lipinski definition) is 0. The normalized spacial score (nSPS) is 8.00. The monoisotopic (exact) mass is 114 g/mol. The fourth-order valence-electron chi connectivity index (χ4n) is 0.371. The van der Waals surface area contributed by atoms with Crippen molar-refractivity contribution in [2.75, 3.05) is 6.16 Å². The van der Waals surface area contributed by atoms with Crippen LogP contribution in [0.5, 0.6) is 0 Å². The van der Waals surface area contributed by atoms with E-state index in [9.17, 15) is 0 Å². The van der Waals surface area contributed by atoms with Gasteiger partial charge < -0.3 is 0 Å². The van der Waals surface area contributed by atoms with Gasteiger partial charge in [-0.25, -0.2) is 0 Å². The number of hydrogen-bond donors (Lipinski definition) is 0. The highest BCUT2D eigenvalue weighted by Crippen LogP contribution is 1.95. The molecule has 0 spiro atoms. The highest BCUT2D eigenvalue weighted by molar-refractivity contribution is 7.16. The molecule has 40 valence electrons.